The van der Waals surface area contributed by atoms with Gasteiger partial charge >= 0.3 is 5.97 Å². The Hall–Kier alpha value is -0.610. The van der Waals surface area contributed by atoms with Crippen LogP contribution < -0.4 is 0 Å². The highest BCUT2D eigenvalue weighted by Crippen LogP contribution is 2.12. The van der Waals surface area contributed by atoms with Crippen molar-refractivity contribution < 1.29 is 19.0 Å². The zero-order valence-corrected chi connectivity index (χ0v) is 16.9. The molecule has 0 fully saturated rings. The van der Waals surface area contributed by atoms with Gasteiger partial charge in [-0.1, -0.05) is 84.0 Å². The minimum absolute atomic E-state index is 0.229. The Balaban J connectivity index is 2.99. The number of unbranched alkanes of at least 4 members (excludes halogenated alkanes) is 12. The summed E-state index contributed by atoms with van der Waals surface area (Å²) in [5.74, 6) is -0.229. The average Bonchev–Trinajstić information content (AvgIpc) is 2.63. The fourth-order valence-electron chi connectivity index (χ4n) is 2.80. The summed E-state index contributed by atoms with van der Waals surface area (Å²) in [6, 6.07) is 0. The summed E-state index contributed by atoms with van der Waals surface area (Å²) in [6.45, 7) is 4.66. The number of methoxy groups -OCH3 is 1. The molecule has 25 heavy (non-hydrogen) atoms. The van der Waals surface area contributed by atoms with Crippen molar-refractivity contribution in [2.75, 3.05) is 33.5 Å². The predicted octanol–water partition coefficient (Wildman–Crippen LogP) is 5.67. The molecule has 0 atom stereocenters. The van der Waals surface area contributed by atoms with E-state index in [0.717, 1.165) is 13.0 Å². The van der Waals surface area contributed by atoms with Crippen LogP contribution in [0.4, 0.5) is 0 Å². The van der Waals surface area contributed by atoms with E-state index in [2.05, 4.69) is 11.7 Å². The van der Waals surface area contributed by atoms with Gasteiger partial charge in [0.25, 0.3) is 0 Å². The Morgan fingerprint density at radius 1 is 0.600 bits per heavy atom. The molecule has 0 bridgehead atoms. The lowest BCUT2D eigenvalue weighted by atomic mass is 10.0. The van der Waals surface area contributed by atoms with Crippen molar-refractivity contribution in [3.63, 3.8) is 0 Å². The smallest absolute Gasteiger partial charge is 0.307 e. The molecule has 0 heterocycles. The monoisotopic (exact) mass is 358 g/mol. The van der Waals surface area contributed by atoms with Gasteiger partial charge in [0, 0.05) is 6.61 Å². The van der Waals surface area contributed by atoms with E-state index in [1.165, 1.54) is 84.2 Å². The van der Waals surface area contributed by atoms with E-state index in [1.807, 2.05) is 0 Å². The van der Waals surface area contributed by atoms with E-state index in [1.54, 1.807) is 0 Å². The predicted molar refractivity (Wildman–Crippen MR) is 104 cm³/mol. The highest BCUT2D eigenvalue weighted by atomic mass is 16.5. The Bertz CT molecular complexity index is 269. The second-order valence-electron chi connectivity index (χ2n) is 6.79. The molecule has 0 saturated heterocycles. The summed E-state index contributed by atoms with van der Waals surface area (Å²) in [6.07, 6.45) is 18.1. The number of rotatable bonds is 20. The van der Waals surface area contributed by atoms with Crippen LogP contribution >= 0.6 is 0 Å². The zero-order chi connectivity index (χ0) is 18.4. The first-order valence-corrected chi connectivity index (χ1v) is 10.5. The molecule has 4 heteroatoms. The number of hydrogen-bond donors (Lipinski definition) is 0. The molecular weight excluding hydrogens is 316 g/mol. The lowest BCUT2D eigenvalue weighted by Crippen LogP contribution is -2.09. The molecular formula is C21H42O4. The third-order valence-electron chi connectivity index (χ3n) is 4.44. The van der Waals surface area contributed by atoms with E-state index < -0.39 is 0 Å². The molecule has 0 aliphatic rings. The summed E-state index contributed by atoms with van der Waals surface area (Å²) in [4.78, 5) is 10.9. The Morgan fingerprint density at radius 2 is 1.04 bits per heavy atom. The lowest BCUT2D eigenvalue weighted by molar-refractivity contribution is -0.141. The van der Waals surface area contributed by atoms with Crippen molar-refractivity contribution >= 4 is 5.97 Å². The van der Waals surface area contributed by atoms with Crippen LogP contribution in [0.5, 0.6) is 0 Å². The molecule has 0 aromatic rings. The maximum atomic E-state index is 10.9. The Labute approximate surface area is 156 Å². The van der Waals surface area contributed by atoms with Gasteiger partial charge in [0.15, 0.2) is 0 Å². The maximum Gasteiger partial charge on any atom is 0.307 e. The molecule has 0 amide bonds. The Kier molecular flexibility index (Phi) is 20.9. The van der Waals surface area contributed by atoms with Gasteiger partial charge < -0.3 is 14.2 Å². The molecule has 0 aromatic heterocycles. The summed E-state index contributed by atoms with van der Waals surface area (Å²) in [7, 11) is 1.39. The van der Waals surface area contributed by atoms with Gasteiger partial charge in [0.05, 0.1) is 33.4 Å². The molecule has 0 N–H and O–H groups in total. The van der Waals surface area contributed by atoms with Gasteiger partial charge in [-0.05, 0) is 6.42 Å². The molecule has 0 unspecified atom stereocenters. The van der Waals surface area contributed by atoms with E-state index in [-0.39, 0.29) is 5.97 Å². The standard InChI is InChI=1S/C21H42O4/c1-3-4-5-6-7-8-9-10-11-12-13-14-15-17-24-19-20-25-18-16-21(22)23-2/h3-20H2,1-2H3. The van der Waals surface area contributed by atoms with Crippen LogP contribution in [0.15, 0.2) is 0 Å². The van der Waals surface area contributed by atoms with Crippen LogP contribution in [0.25, 0.3) is 0 Å². The van der Waals surface area contributed by atoms with Gasteiger partial charge in [-0.3, -0.25) is 4.79 Å². The van der Waals surface area contributed by atoms with Crippen molar-refractivity contribution in [2.45, 2.75) is 96.8 Å². The van der Waals surface area contributed by atoms with E-state index in [9.17, 15) is 4.79 Å². The van der Waals surface area contributed by atoms with Crippen LogP contribution in [-0.2, 0) is 19.0 Å². The Morgan fingerprint density at radius 3 is 1.52 bits per heavy atom. The molecule has 0 aromatic carbocycles. The van der Waals surface area contributed by atoms with Gasteiger partial charge in [-0.25, -0.2) is 0 Å². The highest BCUT2D eigenvalue weighted by molar-refractivity contribution is 5.69. The van der Waals surface area contributed by atoms with Crippen molar-refractivity contribution in [3.8, 4) is 0 Å². The maximum absolute atomic E-state index is 10.9. The van der Waals surface area contributed by atoms with Crippen molar-refractivity contribution in [2.24, 2.45) is 0 Å². The largest absolute Gasteiger partial charge is 0.469 e. The van der Waals surface area contributed by atoms with Crippen LogP contribution in [0.2, 0.25) is 0 Å². The number of ether oxygens (including phenoxy) is 3. The molecule has 4 nitrogen and oxygen atoms in total. The average molecular weight is 359 g/mol. The normalized spacial score (nSPS) is 11.0. The summed E-state index contributed by atoms with van der Waals surface area (Å²) >= 11 is 0. The molecule has 0 spiro atoms. The molecule has 0 aliphatic heterocycles. The summed E-state index contributed by atoms with van der Waals surface area (Å²) in [5.41, 5.74) is 0. The van der Waals surface area contributed by atoms with Gasteiger partial charge in [-0.2, -0.15) is 0 Å². The van der Waals surface area contributed by atoms with E-state index in [4.69, 9.17) is 9.47 Å². The second kappa shape index (κ2) is 21.4. The molecule has 0 rings (SSSR count). The van der Waals surface area contributed by atoms with Gasteiger partial charge in [0.1, 0.15) is 0 Å². The van der Waals surface area contributed by atoms with Gasteiger partial charge in [-0.15, -0.1) is 0 Å². The number of carbonyl (C=O) groups is 1. The van der Waals surface area contributed by atoms with Crippen LogP contribution in [0, 0.1) is 0 Å². The molecule has 150 valence electrons. The van der Waals surface area contributed by atoms with Crippen LogP contribution in [0.1, 0.15) is 96.8 Å². The highest BCUT2D eigenvalue weighted by Gasteiger charge is 1.99. The molecule has 0 radical (unpaired) electrons. The fraction of sp³-hybridized carbons (Fsp3) is 0.952. The number of esters is 1. The number of carbonyl (C=O) groups excluding carboxylic acids is 1. The first kappa shape index (κ1) is 24.4. The molecule has 0 aliphatic carbocycles. The zero-order valence-electron chi connectivity index (χ0n) is 16.9. The van der Waals surface area contributed by atoms with Crippen molar-refractivity contribution in [1.29, 1.82) is 0 Å². The topological polar surface area (TPSA) is 44.8 Å². The number of hydrogen-bond acceptors (Lipinski definition) is 4. The lowest BCUT2D eigenvalue weighted by Gasteiger charge is -2.06. The summed E-state index contributed by atoms with van der Waals surface area (Å²) in [5, 5.41) is 0. The minimum Gasteiger partial charge on any atom is -0.469 e. The summed E-state index contributed by atoms with van der Waals surface area (Å²) < 4.78 is 15.4. The quantitative estimate of drug-likeness (QED) is 0.208. The van der Waals surface area contributed by atoms with Crippen LogP contribution in [0.3, 0.4) is 0 Å². The van der Waals surface area contributed by atoms with Gasteiger partial charge in [0.2, 0.25) is 0 Å². The van der Waals surface area contributed by atoms with E-state index in [0.29, 0.717) is 26.2 Å². The fourth-order valence-corrected chi connectivity index (χ4v) is 2.80. The third-order valence-corrected chi connectivity index (χ3v) is 4.44. The van der Waals surface area contributed by atoms with Crippen molar-refractivity contribution in [3.05, 3.63) is 0 Å². The second-order valence-corrected chi connectivity index (χ2v) is 6.79. The third kappa shape index (κ3) is 21.3. The molecule has 0 saturated carbocycles. The van der Waals surface area contributed by atoms with Crippen LogP contribution in [-0.4, -0.2) is 39.5 Å². The van der Waals surface area contributed by atoms with Crippen molar-refractivity contribution in [1.82, 2.24) is 0 Å². The minimum atomic E-state index is -0.229. The van der Waals surface area contributed by atoms with E-state index >= 15 is 0 Å². The first-order chi connectivity index (χ1) is 12.3. The first-order valence-electron chi connectivity index (χ1n) is 10.5. The SMILES string of the molecule is CCCCCCCCCCCCCCCOCCOCCC(=O)OC.